The second-order valence-electron chi connectivity index (χ2n) is 5.03. The minimum Gasteiger partial charge on any atom is -0.325 e. The fourth-order valence-electron chi connectivity index (χ4n) is 1.63. The molecular formula is C14H21BrN2O. The molecule has 18 heavy (non-hydrogen) atoms. The number of hydrogen-bond acceptors (Lipinski definition) is 2. The molecule has 1 aromatic rings. The van der Waals surface area contributed by atoms with Crippen molar-refractivity contribution in [2.75, 3.05) is 19.4 Å². The van der Waals surface area contributed by atoms with Crippen molar-refractivity contribution < 1.29 is 4.79 Å². The molecule has 0 radical (unpaired) electrons. The summed E-state index contributed by atoms with van der Waals surface area (Å²) in [6.07, 6.45) is 0. The van der Waals surface area contributed by atoms with Crippen molar-refractivity contribution in [3.05, 3.63) is 29.8 Å². The lowest BCUT2D eigenvalue weighted by molar-refractivity contribution is -0.116. The molecule has 0 saturated heterocycles. The molecule has 0 bridgehead atoms. The number of rotatable bonds is 5. The molecule has 1 atom stereocenters. The largest absolute Gasteiger partial charge is 0.325 e. The van der Waals surface area contributed by atoms with Crippen LogP contribution in [-0.4, -0.2) is 29.7 Å². The van der Waals surface area contributed by atoms with Gasteiger partial charge in [-0.2, -0.15) is 0 Å². The summed E-state index contributed by atoms with van der Waals surface area (Å²) in [6.45, 7) is 4.85. The van der Waals surface area contributed by atoms with Crippen LogP contribution in [0, 0.1) is 5.92 Å². The fourth-order valence-corrected chi connectivity index (χ4v) is 1.74. The summed E-state index contributed by atoms with van der Waals surface area (Å²) in [5.41, 5.74) is 2.01. The zero-order chi connectivity index (χ0) is 13.7. The minimum atomic E-state index is -0.162. The molecule has 0 aromatic heterocycles. The molecule has 1 rings (SSSR count). The summed E-state index contributed by atoms with van der Waals surface area (Å²) in [4.78, 5) is 13.9. The number of nitrogens with zero attached hydrogens (tertiary/aromatic N) is 1. The minimum absolute atomic E-state index is 0.0104. The number of amides is 1. The zero-order valence-corrected chi connectivity index (χ0v) is 13.0. The molecule has 0 aliphatic heterocycles. The van der Waals surface area contributed by atoms with E-state index >= 15 is 0 Å². The monoisotopic (exact) mass is 312 g/mol. The van der Waals surface area contributed by atoms with Gasteiger partial charge in [-0.15, -0.1) is 0 Å². The average molecular weight is 313 g/mol. The topological polar surface area (TPSA) is 32.3 Å². The van der Waals surface area contributed by atoms with Crippen molar-refractivity contribution in [2.24, 2.45) is 5.92 Å². The molecule has 1 N–H and O–H groups in total. The standard InChI is InChI=1S/C14H21BrN2O/c1-10(2)13(15)14(18)16-12-8-6-5-7-11(12)9-17(3)4/h5-8,10,13H,9H2,1-4H3,(H,16,18). The van der Waals surface area contributed by atoms with E-state index in [1.807, 2.05) is 52.2 Å². The Morgan fingerprint density at radius 1 is 1.33 bits per heavy atom. The third-order valence-corrected chi connectivity index (χ3v) is 4.07. The summed E-state index contributed by atoms with van der Waals surface area (Å²) in [5.74, 6) is 0.280. The molecule has 100 valence electrons. The van der Waals surface area contributed by atoms with Crippen LogP contribution >= 0.6 is 15.9 Å². The number of halogens is 1. The van der Waals surface area contributed by atoms with E-state index in [0.29, 0.717) is 0 Å². The van der Waals surface area contributed by atoms with Crippen LogP contribution < -0.4 is 5.32 Å². The first-order valence-corrected chi connectivity index (χ1v) is 7.01. The molecule has 1 amide bonds. The highest BCUT2D eigenvalue weighted by Gasteiger charge is 2.19. The molecule has 0 spiro atoms. The van der Waals surface area contributed by atoms with Gasteiger partial charge < -0.3 is 10.2 Å². The van der Waals surface area contributed by atoms with Gasteiger partial charge in [0.2, 0.25) is 5.91 Å². The average Bonchev–Trinajstić information content (AvgIpc) is 2.29. The van der Waals surface area contributed by atoms with Crippen molar-refractivity contribution in [1.29, 1.82) is 0 Å². The van der Waals surface area contributed by atoms with Crippen molar-refractivity contribution >= 4 is 27.5 Å². The van der Waals surface area contributed by atoms with Crippen molar-refractivity contribution in [1.82, 2.24) is 4.90 Å². The Balaban J connectivity index is 2.81. The first-order chi connectivity index (χ1) is 8.41. The number of alkyl halides is 1. The number of anilines is 1. The summed E-state index contributed by atoms with van der Waals surface area (Å²) in [6, 6.07) is 7.90. The van der Waals surface area contributed by atoms with Crippen LogP contribution in [0.1, 0.15) is 19.4 Å². The number of para-hydroxylation sites is 1. The van der Waals surface area contributed by atoms with Crippen LogP contribution in [0.25, 0.3) is 0 Å². The van der Waals surface area contributed by atoms with Gasteiger partial charge in [0.1, 0.15) is 0 Å². The predicted molar refractivity (Wildman–Crippen MR) is 80.0 cm³/mol. The number of carbonyl (C=O) groups is 1. The van der Waals surface area contributed by atoms with Gasteiger partial charge in [0.15, 0.2) is 0 Å². The van der Waals surface area contributed by atoms with Crippen LogP contribution in [0.4, 0.5) is 5.69 Å². The quantitative estimate of drug-likeness (QED) is 0.847. The molecule has 0 saturated carbocycles. The van der Waals surface area contributed by atoms with E-state index in [4.69, 9.17) is 0 Å². The van der Waals surface area contributed by atoms with E-state index in [-0.39, 0.29) is 16.7 Å². The van der Waals surface area contributed by atoms with Gasteiger partial charge in [-0.05, 0) is 31.6 Å². The molecule has 0 aliphatic rings. The summed E-state index contributed by atoms with van der Waals surface area (Å²) >= 11 is 3.42. The van der Waals surface area contributed by atoms with Crippen LogP contribution in [0.3, 0.4) is 0 Å². The molecule has 0 heterocycles. The Morgan fingerprint density at radius 3 is 2.50 bits per heavy atom. The van der Waals surface area contributed by atoms with E-state index in [0.717, 1.165) is 17.8 Å². The predicted octanol–water partition coefficient (Wildman–Crippen LogP) is 3.11. The number of carbonyl (C=O) groups excluding carboxylic acids is 1. The summed E-state index contributed by atoms with van der Waals surface area (Å²) < 4.78 is 0. The molecule has 1 unspecified atom stereocenters. The van der Waals surface area contributed by atoms with Gasteiger partial charge in [-0.1, -0.05) is 48.0 Å². The lowest BCUT2D eigenvalue weighted by Gasteiger charge is -2.17. The zero-order valence-electron chi connectivity index (χ0n) is 11.4. The highest BCUT2D eigenvalue weighted by molar-refractivity contribution is 9.10. The first-order valence-electron chi connectivity index (χ1n) is 6.09. The van der Waals surface area contributed by atoms with Crippen LogP contribution in [0.2, 0.25) is 0 Å². The van der Waals surface area contributed by atoms with E-state index < -0.39 is 0 Å². The summed E-state index contributed by atoms with van der Waals surface area (Å²) in [7, 11) is 4.03. The second kappa shape index (κ2) is 6.90. The lowest BCUT2D eigenvalue weighted by Crippen LogP contribution is -2.27. The van der Waals surface area contributed by atoms with Crippen LogP contribution in [0.5, 0.6) is 0 Å². The normalized spacial score (nSPS) is 12.8. The third kappa shape index (κ3) is 4.42. The van der Waals surface area contributed by atoms with Crippen molar-refractivity contribution in [3.8, 4) is 0 Å². The lowest BCUT2D eigenvalue weighted by atomic mass is 10.1. The van der Waals surface area contributed by atoms with Gasteiger partial charge in [-0.25, -0.2) is 0 Å². The second-order valence-corrected chi connectivity index (χ2v) is 6.02. The van der Waals surface area contributed by atoms with E-state index in [2.05, 4.69) is 26.1 Å². The van der Waals surface area contributed by atoms with Gasteiger partial charge in [0.05, 0.1) is 4.83 Å². The van der Waals surface area contributed by atoms with Gasteiger partial charge in [0, 0.05) is 12.2 Å². The summed E-state index contributed by atoms with van der Waals surface area (Å²) in [5, 5.41) is 2.98. The molecule has 4 heteroatoms. The van der Waals surface area contributed by atoms with E-state index in [9.17, 15) is 4.79 Å². The van der Waals surface area contributed by atoms with Crippen molar-refractivity contribution in [2.45, 2.75) is 25.2 Å². The smallest absolute Gasteiger partial charge is 0.238 e. The number of nitrogens with one attached hydrogen (secondary N) is 1. The Morgan fingerprint density at radius 2 is 1.94 bits per heavy atom. The maximum Gasteiger partial charge on any atom is 0.238 e. The molecular weight excluding hydrogens is 292 g/mol. The SMILES string of the molecule is CC(C)C(Br)C(=O)Nc1ccccc1CN(C)C. The maximum absolute atomic E-state index is 12.0. The van der Waals surface area contributed by atoms with Crippen LogP contribution in [-0.2, 0) is 11.3 Å². The highest BCUT2D eigenvalue weighted by Crippen LogP contribution is 2.19. The van der Waals surface area contributed by atoms with Gasteiger partial charge >= 0.3 is 0 Å². The van der Waals surface area contributed by atoms with Gasteiger partial charge in [0.25, 0.3) is 0 Å². The van der Waals surface area contributed by atoms with Crippen molar-refractivity contribution in [3.63, 3.8) is 0 Å². The van der Waals surface area contributed by atoms with Crippen LogP contribution in [0.15, 0.2) is 24.3 Å². The highest BCUT2D eigenvalue weighted by atomic mass is 79.9. The first kappa shape index (κ1) is 15.2. The molecule has 1 aromatic carbocycles. The Kier molecular flexibility index (Phi) is 5.82. The third-order valence-electron chi connectivity index (χ3n) is 2.60. The maximum atomic E-state index is 12.0. The molecule has 3 nitrogen and oxygen atoms in total. The molecule has 0 fully saturated rings. The number of benzene rings is 1. The van der Waals surface area contributed by atoms with E-state index in [1.165, 1.54) is 0 Å². The Labute approximate surface area is 118 Å². The van der Waals surface area contributed by atoms with Gasteiger partial charge in [-0.3, -0.25) is 4.79 Å². The Bertz CT molecular complexity index is 405. The van der Waals surface area contributed by atoms with E-state index in [1.54, 1.807) is 0 Å². The Hall–Kier alpha value is -0.870. The fraction of sp³-hybridized carbons (Fsp3) is 0.500. The number of hydrogen-bond donors (Lipinski definition) is 1. The molecule has 0 aliphatic carbocycles.